The van der Waals surface area contributed by atoms with Gasteiger partial charge in [0.2, 0.25) is 0 Å². The molecule has 0 atom stereocenters. The molecule has 0 unspecified atom stereocenters. The zero-order valence-electron chi connectivity index (χ0n) is 12.6. The molecule has 0 fully saturated rings. The highest BCUT2D eigenvalue weighted by Crippen LogP contribution is 2.19. The first-order valence-electron chi connectivity index (χ1n) is 6.70. The predicted octanol–water partition coefficient (Wildman–Crippen LogP) is 3.44. The lowest BCUT2D eigenvalue weighted by Gasteiger charge is -2.14. The summed E-state index contributed by atoms with van der Waals surface area (Å²) < 4.78 is 1.81. The van der Waals surface area contributed by atoms with Crippen molar-refractivity contribution in [2.75, 3.05) is 6.54 Å². The normalized spacial score (nSPS) is 13.7. The van der Waals surface area contributed by atoms with E-state index >= 15 is 0 Å². The Morgan fingerprint density at radius 3 is 2.53 bits per heavy atom. The molecule has 1 rings (SSSR count). The van der Waals surface area contributed by atoms with Crippen LogP contribution in [0, 0.1) is 0 Å². The van der Waals surface area contributed by atoms with E-state index in [1.54, 1.807) is 0 Å². The Morgan fingerprint density at radius 1 is 1.42 bits per heavy atom. The Morgan fingerprint density at radius 2 is 2.11 bits per heavy atom. The van der Waals surface area contributed by atoms with E-state index < -0.39 is 0 Å². The minimum atomic E-state index is 0.0383. The molecule has 0 N–H and O–H groups in total. The molecule has 0 aliphatic carbocycles. The summed E-state index contributed by atoms with van der Waals surface area (Å²) in [6.07, 6.45) is 4.72. The van der Waals surface area contributed by atoms with E-state index in [9.17, 15) is 0 Å². The van der Waals surface area contributed by atoms with Crippen LogP contribution in [0.5, 0.6) is 0 Å². The van der Waals surface area contributed by atoms with Crippen LogP contribution in [0.2, 0.25) is 0 Å². The van der Waals surface area contributed by atoms with Crippen molar-refractivity contribution in [3.63, 3.8) is 0 Å². The lowest BCUT2D eigenvalue weighted by molar-refractivity contribution is 0.562. The van der Waals surface area contributed by atoms with Gasteiger partial charge < -0.3 is 0 Å². The molecule has 4 heteroatoms. The maximum Gasteiger partial charge on any atom is 0.150 e. The van der Waals surface area contributed by atoms with Gasteiger partial charge in [-0.2, -0.15) is 5.10 Å². The van der Waals surface area contributed by atoms with Crippen LogP contribution in [0.25, 0.3) is 0 Å². The van der Waals surface area contributed by atoms with E-state index in [4.69, 9.17) is 0 Å². The van der Waals surface area contributed by atoms with Crippen molar-refractivity contribution in [1.29, 1.82) is 0 Å². The molecule has 0 saturated heterocycles. The molecule has 0 spiro atoms. The van der Waals surface area contributed by atoms with Gasteiger partial charge in [0.25, 0.3) is 0 Å². The van der Waals surface area contributed by atoms with Crippen molar-refractivity contribution in [3.8, 4) is 0 Å². The van der Waals surface area contributed by atoms with Crippen molar-refractivity contribution in [1.82, 2.24) is 9.78 Å². The fraction of sp³-hybridized carbons (Fsp3) is 0.533. The van der Waals surface area contributed by atoms with Gasteiger partial charge in [0, 0.05) is 29.9 Å². The van der Waals surface area contributed by atoms with Crippen LogP contribution in [-0.2, 0) is 5.41 Å². The SMILES string of the molecule is C=N/C(=C\C(=NCC)n1ccc(C(C)(C)C)n1)CC. The third kappa shape index (κ3) is 4.16. The fourth-order valence-electron chi connectivity index (χ4n) is 1.61. The predicted molar refractivity (Wildman–Crippen MR) is 82.2 cm³/mol. The fourth-order valence-corrected chi connectivity index (χ4v) is 1.61. The molecule has 0 saturated carbocycles. The number of aliphatic imine (C=N–C) groups is 2. The standard InChI is InChI=1S/C15H24N4/c1-7-12(16-6)11-14(17-8-2)19-10-9-13(18-19)15(3,4)5/h9-11H,6-8H2,1-5H3/b12-11-,17-14?. The smallest absolute Gasteiger partial charge is 0.150 e. The maximum atomic E-state index is 4.60. The highest BCUT2D eigenvalue weighted by molar-refractivity contribution is 5.94. The first kappa shape index (κ1) is 15.3. The summed E-state index contributed by atoms with van der Waals surface area (Å²) in [7, 11) is 0. The molecule has 1 heterocycles. The van der Waals surface area contributed by atoms with E-state index in [-0.39, 0.29) is 5.41 Å². The Bertz CT molecular complexity index is 486. The van der Waals surface area contributed by atoms with E-state index in [2.05, 4.69) is 42.6 Å². The summed E-state index contributed by atoms with van der Waals surface area (Å²) >= 11 is 0. The average Bonchev–Trinajstić information content (AvgIpc) is 2.83. The second-order valence-corrected chi connectivity index (χ2v) is 5.38. The van der Waals surface area contributed by atoms with Gasteiger partial charge in [0.1, 0.15) is 0 Å². The second kappa shape index (κ2) is 6.45. The zero-order valence-corrected chi connectivity index (χ0v) is 12.6. The van der Waals surface area contributed by atoms with Crippen molar-refractivity contribution in [3.05, 3.63) is 29.7 Å². The minimum Gasteiger partial charge on any atom is -0.269 e. The molecule has 0 radical (unpaired) electrons. The van der Waals surface area contributed by atoms with Gasteiger partial charge in [-0.3, -0.25) is 9.98 Å². The number of nitrogens with zero attached hydrogens (tertiary/aromatic N) is 4. The Labute approximate surface area is 116 Å². The number of rotatable bonds is 4. The van der Waals surface area contributed by atoms with Crippen molar-refractivity contribution in [2.45, 2.75) is 46.5 Å². The van der Waals surface area contributed by atoms with Gasteiger partial charge >= 0.3 is 0 Å². The maximum absolute atomic E-state index is 4.60. The number of aromatic nitrogens is 2. The summed E-state index contributed by atoms with van der Waals surface area (Å²) in [4.78, 5) is 8.48. The van der Waals surface area contributed by atoms with Crippen LogP contribution in [0.15, 0.2) is 34.0 Å². The van der Waals surface area contributed by atoms with Gasteiger partial charge in [0.15, 0.2) is 5.84 Å². The molecule has 0 aliphatic heterocycles. The lowest BCUT2D eigenvalue weighted by Crippen LogP contribution is -2.16. The van der Waals surface area contributed by atoms with Crippen molar-refractivity contribution >= 4 is 12.6 Å². The summed E-state index contributed by atoms with van der Waals surface area (Å²) in [6.45, 7) is 14.8. The van der Waals surface area contributed by atoms with Gasteiger partial charge in [-0.05, 0) is 26.1 Å². The van der Waals surface area contributed by atoms with Crippen LogP contribution < -0.4 is 0 Å². The molecular formula is C15H24N4. The van der Waals surface area contributed by atoms with Crippen LogP contribution in [0.3, 0.4) is 0 Å². The van der Waals surface area contributed by atoms with Crippen molar-refractivity contribution in [2.24, 2.45) is 9.98 Å². The third-order valence-corrected chi connectivity index (χ3v) is 2.77. The van der Waals surface area contributed by atoms with Crippen LogP contribution >= 0.6 is 0 Å². The van der Waals surface area contributed by atoms with Crippen LogP contribution in [0.4, 0.5) is 0 Å². The Hall–Kier alpha value is -1.71. The van der Waals surface area contributed by atoms with E-state index in [1.807, 2.05) is 36.9 Å². The molecule has 0 bridgehead atoms. The van der Waals surface area contributed by atoms with Crippen LogP contribution in [0.1, 0.15) is 46.7 Å². The highest BCUT2D eigenvalue weighted by Gasteiger charge is 2.17. The second-order valence-electron chi connectivity index (χ2n) is 5.38. The number of allylic oxidation sites excluding steroid dienone is 2. The van der Waals surface area contributed by atoms with Gasteiger partial charge in [0.05, 0.1) is 5.69 Å². The quantitative estimate of drug-likeness (QED) is 0.604. The first-order valence-corrected chi connectivity index (χ1v) is 6.70. The van der Waals surface area contributed by atoms with E-state index in [1.165, 1.54) is 0 Å². The molecule has 4 nitrogen and oxygen atoms in total. The molecule has 104 valence electrons. The summed E-state index contributed by atoms with van der Waals surface area (Å²) in [5.74, 6) is 0.808. The largest absolute Gasteiger partial charge is 0.269 e. The van der Waals surface area contributed by atoms with Crippen LogP contribution in [-0.4, -0.2) is 28.9 Å². The average molecular weight is 260 g/mol. The zero-order chi connectivity index (χ0) is 14.5. The summed E-state index contributed by atoms with van der Waals surface area (Å²) in [6, 6.07) is 2.03. The molecule has 0 aliphatic rings. The lowest BCUT2D eigenvalue weighted by atomic mass is 9.93. The highest BCUT2D eigenvalue weighted by atomic mass is 15.3. The van der Waals surface area contributed by atoms with E-state index in [0.29, 0.717) is 6.54 Å². The minimum absolute atomic E-state index is 0.0383. The molecule has 0 amide bonds. The summed E-state index contributed by atoms with van der Waals surface area (Å²) in [5, 5.41) is 4.60. The monoisotopic (exact) mass is 260 g/mol. The molecule has 1 aromatic heterocycles. The molecule has 19 heavy (non-hydrogen) atoms. The third-order valence-electron chi connectivity index (χ3n) is 2.77. The topological polar surface area (TPSA) is 42.5 Å². The molecule has 0 aromatic carbocycles. The first-order chi connectivity index (χ1) is 8.92. The molecular weight excluding hydrogens is 236 g/mol. The van der Waals surface area contributed by atoms with E-state index in [0.717, 1.165) is 23.6 Å². The Kier molecular flexibility index (Phi) is 5.21. The number of hydrogen-bond donors (Lipinski definition) is 0. The van der Waals surface area contributed by atoms with Gasteiger partial charge in [-0.15, -0.1) is 0 Å². The Balaban J connectivity index is 3.15. The number of hydrogen-bond acceptors (Lipinski definition) is 3. The molecule has 1 aromatic rings. The van der Waals surface area contributed by atoms with Crippen molar-refractivity contribution < 1.29 is 0 Å². The summed E-state index contributed by atoms with van der Waals surface area (Å²) in [5.41, 5.74) is 2.01. The van der Waals surface area contributed by atoms with Gasteiger partial charge in [-0.1, -0.05) is 27.7 Å². The van der Waals surface area contributed by atoms with Gasteiger partial charge in [-0.25, -0.2) is 4.68 Å².